The van der Waals surface area contributed by atoms with Gasteiger partial charge in [-0.1, -0.05) is 48.5 Å². The number of nitrogens with zero attached hydrogens (tertiary/aromatic N) is 2. The molecule has 1 atom stereocenters. The van der Waals surface area contributed by atoms with Gasteiger partial charge in [-0.25, -0.2) is 14.6 Å². The number of aromatic nitrogens is 1. The van der Waals surface area contributed by atoms with Gasteiger partial charge in [0, 0.05) is 36.5 Å². The van der Waals surface area contributed by atoms with Gasteiger partial charge in [0.05, 0.1) is 0 Å². The SMILES string of the molecule is CCN(CC)c1ncc(CC(NC(=O)OCC2c3ccccc3-c3ccccc32)C(=O)O)s1. The van der Waals surface area contributed by atoms with E-state index in [1.165, 1.54) is 11.3 Å². The van der Waals surface area contributed by atoms with Crippen molar-refractivity contribution >= 4 is 28.5 Å². The topological polar surface area (TPSA) is 91.8 Å². The molecule has 0 saturated heterocycles. The largest absolute Gasteiger partial charge is 0.480 e. The second kappa shape index (κ2) is 10.0. The molecule has 1 amide bonds. The highest BCUT2D eigenvalue weighted by Gasteiger charge is 2.30. The number of ether oxygens (including phenoxy) is 1. The highest BCUT2D eigenvalue weighted by atomic mass is 32.1. The summed E-state index contributed by atoms with van der Waals surface area (Å²) in [5, 5.41) is 13.0. The van der Waals surface area contributed by atoms with Crippen LogP contribution in [-0.2, 0) is 16.0 Å². The molecular formula is C25H27N3O4S. The minimum absolute atomic E-state index is 0.0791. The molecule has 0 bridgehead atoms. The van der Waals surface area contributed by atoms with E-state index in [-0.39, 0.29) is 18.9 Å². The number of hydrogen-bond donors (Lipinski definition) is 2. The number of fused-ring (bicyclic) bond motifs is 3. The molecule has 2 aromatic carbocycles. The first kappa shape index (κ1) is 22.8. The van der Waals surface area contributed by atoms with Gasteiger partial charge in [0.2, 0.25) is 0 Å². The van der Waals surface area contributed by atoms with E-state index in [1.54, 1.807) is 6.20 Å². The maximum absolute atomic E-state index is 12.5. The fraction of sp³-hybridized carbons (Fsp3) is 0.320. The van der Waals surface area contributed by atoms with Gasteiger partial charge in [0.1, 0.15) is 12.6 Å². The number of carbonyl (C=O) groups is 2. The van der Waals surface area contributed by atoms with Crippen molar-refractivity contribution in [1.82, 2.24) is 10.3 Å². The second-order valence-electron chi connectivity index (χ2n) is 7.85. The molecule has 1 heterocycles. The zero-order chi connectivity index (χ0) is 23.4. The summed E-state index contributed by atoms with van der Waals surface area (Å²) < 4.78 is 5.50. The molecule has 7 nitrogen and oxygen atoms in total. The van der Waals surface area contributed by atoms with Gasteiger partial charge in [-0.15, -0.1) is 11.3 Å². The van der Waals surface area contributed by atoms with Gasteiger partial charge in [0.25, 0.3) is 0 Å². The summed E-state index contributed by atoms with van der Waals surface area (Å²) in [6.07, 6.45) is 1.09. The summed E-state index contributed by atoms with van der Waals surface area (Å²) in [4.78, 5) is 31.6. The molecule has 0 fully saturated rings. The van der Waals surface area contributed by atoms with Crippen LogP contribution in [0.3, 0.4) is 0 Å². The van der Waals surface area contributed by atoms with Crippen molar-refractivity contribution in [2.45, 2.75) is 32.2 Å². The molecule has 0 aliphatic heterocycles. The molecule has 4 rings (SSSR count). The zero-order valence-electron chi connectivity index (χ0n) is 18.7. The Bertz CT molecular complexity index is 1100. The fourth-order valence-corrected chi connectivity index (χ4v) is 5.30. The lowest BCUT2D eigenvalue weighted by Gasteiger charge is -2.17. The molecule has 2 N–H and O–H groups in total. The number of aliphatic carboxylic acids is 1. The second-order valence-corrected chi connectivity index (χ2v) is 8.94. The number of rotatable bonds is 9. The molecule has 3 aromatic rings. The summed E-state index contributed by atoms with van der Waals surface area (Å²) in [7, 11) is 0. The minimum atomic E-state index is -1.11. The van der Waals surface area contributed by atoms with Crippen molar-refractivity contribution < 1.29 is 19.4 Å². The predicted octanol–water partition coefficient (Wildman–Crippen LogP) is 4.52. The smallest absolute Gasteiger partial charge is 0.407 e. The number of anilines is 1. The lowest BCUT2D eigenvalue weighted by Crippen LogP contribution is -2.42. The number of amides is 1. The summed E-state index contributed by atoms with van der Waals surface area (Å²) in [6, 6.07) is 15.1. The highest BCUT2D eigenvalue weighted by Crippen LogP contribution is 2.44. The first-order valence-corrected chi connectivity index (χ1v) is 11.9. The third kappa shape index (κ3) is 4.85. The number of hydrogen-bond acceptors (Lipinski definition) is 6. The maximum Gasteiger partial charge on any atom is 0.407 e. The van der Waals surface area contributed by atoms with Crippen LogP contribution in [0.4, 0.5) is 9.93 Å². The molecule has 0 radical (unpaired) electrons. The Morgan fingerprint density at radius 3 is 2.27 bits per heavy atom. The number of thiazole rings is 1. The van der Waals surface area contributed by atoms with Gasteiger partial charge in [-0.05, 0) is 36.1 Å². The number of carbonyl (C=O) groups excluding carboxylic acids is 1. The molecule has 0 saturated carbocycles. The zero-order valence-corrected chi connectivity index (χ0v) is 19.5. The lowest BCUT2D eigenvalue weighted by atomic mass is 9.98. The van der Waals surface area contributed by atoms with E-state index < -0.39 is 18.1 Å². The Morgan fingerprint density at radius 1 is 1.09 bits per heavy atom. The average Bonchev–Trinajstić information content (AvgIpc) is 3.41. The summed E-state index contributed by atoms with van der Waals surface area (Å²) in [5.41, 5.74) is 4.49. The van der Waals surface area contributed by atoms with Crippen LogP contribution >= 0.6 is 11.3 Å². The van der Waals surface area contributed by atoms with Gasteiger partial charge >= 0.3 is 12.1 Å². The van der Waals surface area contributed by atoms with Crippen molar-refractivity contribution in [2.75, 3.05) is 24.6 Å². The van der Waals surface area contributed by atoms with E-state index in [2.05, 4.69) is 27.3 Å². The van der Waals surface area contributed by atoms with Gasteiger partial charge in [0.15, 0.2) is 5.13 Å². The monoisotopic (exact) mass is 465 g/mol. The standard InChI is InChI=1S/C25H27N3O4S/c1-3-28(4-2)24-26-14-16(33-24)13-22(23(29)30)27-25(31)32-15-21-19-11-7-5-9-17(19)18-10-6-8-12-20(18)21/h5-12,14,21-22H,3-4,13,15H2,1-2H3,(H,27,31)(H,29,30). The van der Waals surface area contributed by atoms with Crippen molar-refractivity contribution in [3.63, 3.8) is 0 Å². The van der Waals surface area contributed by atoms with Gasteiger partial charge < -0.3 is 20.1 Å². The van der Waals surface area contributed by atoms with E-state index in [0.29, 0.717) is 0 Å². The summed E-state index contributed by atoms with van der Waals surface area (Å²) in [6.45, 7) is 5.87. The first-order valence-electron chi connectivity index (χ1n) is 11.1. The molecule has 1 aliphatic rings. The van der Waals surface area contributed by atoms with Crippen molar-refractivity contribution in [3.05, 3.63) is 70.7 Å². The number of nitrogens with one attached hydrogen (secondary N) is 1. The Hall–Kier alpha value is -3.39. The van der Waals surface area contributed by atoms with E-state index in [1.807, 2.05) is 50.2 Å². The number of carboxylic acid groups (broad SMARTS) is 1. The van der Waals surface area contributed by atoms with Crippen LogP contribution in [0.2, 0.25) is 0 Å². The average molecular weight is 466 g/mol. The Morgan fingerprint density at radius 2 is 1.70 bits per heavy atom. The van der Waals surface area contributed by atoms with Crippen LogP contribution in [-0.4, -0.2) is 47.9 Å². The molecule has 172 valence electrons. The number of alkyl carbamates (subject to hydrolysis) is 1. The van der Waals surface area contributed by atoms with Crippen LogP contribution in [0, 0.1) is 0 Å². The van der Waals surface area contributed by atoms with Crippen LogP contribution < -0.4 is 10.2 Å². The van der Waals surface area contributed by atoms with E-state index in [9.17, 15) is 14.7 Å². The minimum Gasteiger partial charge on any atom is -0.480 e. The summed E-state index contributed by atoms with van der Waals surface area (Å²) >= 11 is 1.44. The Kier molecular flexibility index (Phi) is 6.93. The fourth-order valence-electron chi connectivity index (χ4n) is 4.22. The Labute approximate surface area is 197 Å². The summed E-state index contributed by atoms with van der Waals surface area (Å²) in [5.74, 6) is -1.19. The molecular weight excluding hydrogens is 438 g/mol. The lowest BCUT2D eigenvalue weighted by molar-refractivity contribution is -0.139. The molecule has 33 heavy (non-hydrogen) atoms. The van der Waals surface area contributed by atoms with E-state index in [0.717, 1.165) is 45.4 Å². The third-order valence-corrected chi connectivity index (χ3v) is 6.99. The molecule has 1 aromatic heterocycles. The van der Waals surface area contributed by atoms with Crippen molar-refractivity contribution in [2.24, 2.45) is 0 Å². The van der Waals surface area contributed by atoms with Crippen LogP contribution in [0.1, 0.15) is 35.8 Å². The van der Waals surface area contributed by atoms with Crippen LogP contribution in [0.15, 0.2) is 54.7 Å². The number of benzene rings is 2. The molecule has 1 aliphatic carbocycles. The number of carboxylic acids is 1. The normalized spacial score (nSPS) is 13.2. The third-order valence-electron chi connectivity index (χ3n) is 5.91. The molecule has 0 spiro atoms. The van der Waals surface area contributed by atoms with Crippen LogP contribution in [0.25, 0.3) is 11.1 Å². The highest BCUT2D eigenvalue weighted by molar-refractivity contribution is 7.15. The van der Waals surface area contributed by atoms with E-state index in [4.69, 9.17) is 4.74 Å². The van der Waals surface area contributed by atoms with Crippen LogP contribution in [0.5, 0.6) is 0 Å². The van der Waals surface area contributed by atoms with E-state index >= 15 is 0 Å². The quantitative estimate of drug-likeness (QED) is 0.483. The van der Waals surface area contributed by atoms with Crippen molar-refractivity contribution in [1.29, 1.82) is 0 Å². The first-order chi connectivity index (χ1) is 16.0. The molecule has 8 heteroatoms. The maximum atomic E-state index is 12.5. The molecule has 1 unspecified atom stereocenters. The van der Waals surface area contributed by atoms with Gasteiger partial charge in [-0.2, -0.15) is 0 Å². The predicted molar refractivity (Wildman–Crippen MR) is 129 cm³/mol. The van der Waals surface area contributed by atoms with Crippen molar-refractivity contribution in [3.8, 4) is 11.1 Å². The van der Waals surface area contributed by atoms with Gasteiger partial charge in [-0.3, -0.25) is 0 Å². The Balaban J connectivity index is 1.40.